The predicted octanol–water partition coefficient (Wildman–Crippen LogP) is 3.99. The SMILES string of the molecule is O=C(Nc1cccc(CN2C(=O)CNC2=O)c1)c1cc2ccccc2n1Cc1ccccc1. The van der Waals surface area contributed by atoms with Gasteiger partial charge in [-0.15, -0.1) is 0 Å². The summed E-state index contributed by atoms with van der Waals surface area (Å²) in [6.07, 6.45) is 0. The standard InChI is InChI=1S/C26H22N4O3/c31-24-15-27-26(33)30(24)17-19-9-6-11-21(13-19)28-25(32)23-14-20-10-4-5-12-22(20)29(23)16-18-7-2-1-3-8-18/h1-14H,15-17H2,(H,27,33)(H,28,32). The molecule has 1 aliphatic rings. The molecule has 0 radical (unpaired) electrons. The number of nitrogens with one attached hydrogen (secondary N) is 2. The Balaban J connectivity index is 1.41. The molecule has 4 amide bonds. The van der Waals surface area contributed by atoms with Gasteiger partial charge in [-0.1, -0.05) is 60.7 Å². The lowest BCUT2D eigenvalue weighted by Gasteiger charge is -2.14. The molecule has 7 nitrogen and oxygen atoms in total. The van der Waals surface area contributed by atoms with Gasteiger partial charge < -0.3 is 15.2 Å². The van der Waals surface area contributed by atoms with Gasteiger partial charge in [0.25, 0.3) is 5.91 Å². The Bertz CT molecular complexity index is 1340. The Labute approximate surface area is 190 Å². The minimum Gasteiger partial charge on any atom is -0.332 e. The molecule has 4 aromatic rings. The van der Waals surface area contributed by atoms with E-state index < -0.39 is 6.03 Å². The molecule has 0 saturated carbocycles. The van der Waals surface area contributed by atoms with Crippen LogP contribution in [0, 0.1) is 0 Å². The molecule has 5 rings (SSSR count). The Morgan fingerprint density at radius 3 is 2.39 bits per heavy atom. The maximum Gasteiger partial charge on any atom is 0.324 e. The highest BCUT2D eigenvalue weighted by Gasteiger charge is 2.28. The molecular formula is C26H22N4O3. The van der Waals surface area contributed by atoms with E-state index in [1.165, 1.54) is 4.90 Å². The first kappa shape index (κ1) is 20.5. The Morgan fingerprint density at radius 1 is 0.848 bits per heavy atom. The van der Waals surface area contributed by atoms with E-state index in [4.69, 9.17) is 0 Å². The molecule has 0 unspecified atom stereocenters. The summed E-state index contributed by atoms with van der Waals surface area (Å²) < 4.78 is 2.01. The summed E-state index contributed by atoms with van der Waals surface area (Å²) in [7, 11) is 0. The van der Waals surface area contributed by atoms with Crippen molar-refractivity contribution in [3.8, 4) is 0 Å². The lowest BCUT2D eigenvalue weighted by Crippen LogP contribution is -2.30. The zero-order valence-electron chi connectivity index (χ0n) is 17.8. The highest BCUT2D eigenvalue weighted by Crippen LogP contribution is 2.23. The maximum absolute atomic E-state index is 13.3. The van der Waals surface area contributed by atoms with Crippen LogP contribution >= 0.6 is 0 Å². The number of rotatable bonds is 6. The molecule has 0 bridgehead atoms. The molecule has 33 heavy (non-hydrogen) atoms. The highest BCUT2D eigenvalue weighted by atomic mass is 16.2. The van der Waals surface area contributed by atoms with E-state index in [1.807, 2.05) is 71.3 Å². The monoisotopic (exact) mass is 438 g/mol. The van der Waals surface area contributed by atoms with Crippen LogP contribution in [0.4, 0.5) is 10.5 Å². The van der Waals surface area contributed by atoms with Gasteiger partial charge in [-0.25, -0.2) is 4.79 Å². The molecule has 1 aromatic heterocycles. The van der Waals surface area contributed by atoms with Crippen LogP contribution in [0.2, 0.25) is 0 Å². The summed E-state index contributed by atoms with van der Waals surface area (Å²) in [6.45, 7) is 0.743. The lowest BCUT2D eigenvalue weighted by atomic mass is 10.2. The van der Waals surface area contributed by atoms with Crippen molar-refractivity contribution in [2.24, 2.45) is 0 Å². The number of anilines is 1. The van der Waals surface area contributed by atoms with Crippen molar-refractivity contribution < 1.29 is 14.4 Å². The molecule has 1 aliphatic heterocycles. The van der Waals surface area contributed by atoms with Crippen molar-refractivity contribution in [1.82, 2.24) is 14.8 Å². The summed E-state index contributed by atoms with van der Waals surface area (Å²) in [5, 5.41) is 6.47. The van der Waals surface area contributed by atoms with Crippen molar-refractivity contribution in [2.75, 3.05) is 11.9 Å². The Kier molecular flexibility index (Phi) is 5.36. The summed E-state index contributed by atoms with van der Waals surface area (Å²) >= 11 is 0. The lowest BCUT2D eigenvalue weighted by molar-refractivity contribution is -0.125. The number of amides is 4. The summed E-state index contributed by atoms with van der Waals surface area (Å²) in [5.74, 6) is -0.492. The van der Waals surface area contributed by atoms with Crippen LogP contribution in [-0.2, 0) is 17.9 Å². The van der Waals surface area contributed by atoms with Gasteiger partial charge in [-0.3, -0.25) is 14.5 Å². The molecule has 0 aliphatic carbocycles. The fourth-order valence-electron chi connectivity index (χ4n) is 4.08. The van der Waals surface area contributed by atoms with E-state index in [1.54, 1.807) is 18.2 Å². The van der Waals surface area contributed by atoms with E-state index >= 15 is 0 Å². The number of para-hydroxylation sites is 1. The molecule has 7 heteroatoms. The number of imide groups is 1. The first-order chi connectivity index (χ1) is 16.1. The van der Waals surface area contributed by atoms with Crippen LogP contribution in [0.1, 0.15) is 21.6 Å². The number of nitrogens with zero attached hydrogens (tertiary/aromatic N) is 2. The first-order valence-electron chi connectivity index (χ1n) is 10.7. The molecule has 3 aromatic carbocycles. The van der Waals surface area contributed by atoms with Crippen molar-refractivity contribution in [1.29, 1.82) is 0 Å². The van der Waals surface area contributed by atoms with Crippen LogP contribution in [0.25, 0.3) is 10.9 Å². The number of carbonyl (C=O) groups is 3. The van der Waals surface area contributed by atoms with Gasteiger partial charge >= 0.3 is 6.03 Å². The van der Waals surface area contributed by atoms with E-state index in [2.05, 4.69) is 10.6 Å². The number of benzene rings is 3. The predicted molar refractivity (Wildman–Crippen MR) is 126 cm³/mol. The van der Waals surface area contributed by atoms with Crippen LogP contribution < -0.4 is 10.6 Å². The fourth-order valence-corrected chi connectivity index (χ4v) is 4.08. The van der Waals surface area contributed by atoms with Gasteiger partial charge in [0.2, 0.25) is 5.91 Å². The zero-order valence-corrected chi connectivity index (χ0v) is 17.8. The van der Waals surface area contributed by atoms with E-state index in [0.29, 0.717) is 17.9 Å². The van der Waals surface area contributed by atoms with E-state index in [9.17, 15) is 14.4 Å². The first-order valence-corrected chi connectivity index (χ1v) is 10.7. The van der Waals surface area contributed by atoms with E-state index in [0.717, 1.165) is 22.0 Å². The number of hydrogen-bond acceptors (Lipinski definition) is 3. The van der Waals surface area contributed by atoms with Crippen LogP contribution in [-0.4, -0.2) is 33.9 Å². The molecule has 1 fully saturated rings. The molecule has 2 N–H and O–H groups in total. The number of fused-ring (bicyclic) bond motifs is 1. The number of hydrogen-bond donors (Lipinski definition) is 2. The largest absolute Gasteiger partial charge is 0.332 e. The quantitative estimate of drug-likeness (QED) is 0.447. The zero-order chi connectivity index (χ0) is 22.8. The van der Waals surface area contributed by atoms with Gasteiger partial charge in [-0.2, -0.15) is 0 Å². The fraction of sp³-hybridized carbons (Fsp3) is 0.115. The molecule has 1 saturated heterocycles. The summed E-state index contributed by atoms with van der Waals surface area (Å²) in [6, 6.07) is 26.6. The second kappa shape index (κ2) is 8.63. The van der Waals surface area contributed by atoms with Gasteiger partial charge in [0, 0.05) is 23.1 Å². The third-order valence-electron chi connectivity index (χ3n) is 5.69. The molecule has 0 atom stereocenters. The number of carbonyl (C=O) groups excluding carboxylic acids is 3. The van der Waals surface area contributed by atoms with Gasteiger partial charge in [-0.05, 0) is 35.4 Å². The maximum atomic E-state index is 13.3. The Morgan fingerprint density at radius 2 is 1.61 bits per heavy atom. The third-order valence-corrected chi connectivity index (χ3v) is 5.69. The molecule has 0 spiro atoms. The van der Waals surface area contributed by atoms with Gasteiger partial charge in [0.1, 0.15) is 5.69 Å². The van der Waals surface area contributed by atoms with Gasteiger partial charge in [0.15, 0.2) is 0 Å². The van der Waals surface area contributed by atoms with Crippen molar-refractivity contribution in [3.63, 3.8) is 0 Å². The third kappa shape index (κ3) is 4.21. The Hall–Kier alpha value is -4.39. The smallest absolute Gasteiger partial charge is 0.324 e. The highest BCUT2D eigenvalue weighted by molar-refractivity contribution is 6.06. The van der Waals surface area contributed by atoms with Crippen LogP contribution in [0.3, 0.4) is 0 Å². The van der Waals surface area contributed by atoms with E-state index in [-0.39, 0.29) is 24.9 Å². The summed E-state index contributed by atoms with van der Waals surface area (Å²) in [4.78, 5) is 38.2. The van der Waals surface area contributed by atoms with Crippen molar-refractivity contribution in [3.05, 3.63) is 102 Å². The molecular weight excluding hydrogens is 416 g/mol. The second-order valence-corrected chi connectivity index (χ2v) is 7.95. The number of urea groups is 1. The molecule has 2 heterocycles. The molecule has 164 valence electrons. The minimum absolute atomic E-state index is 0.0151. The van der Waals surface area contributed by atoms with Gasteiger partial charge in [0.05, 0.1) is 13.1 Å². The average Bonchev–Trinajstić information content (AvgIpc) is 3.35. The van der Waals surface area contributed by atoms with Crippen LogP contribution in [0.15, 0.2) is 84.9 Å². The second-order valence-electron chi connectivity index (χ2n) is 7.95. The average molecular weight is 438 g/mol. The minimum atomic E-state index is -0.403. The normalized spacial score (nSPS) is 13.4. The van der Waals surface area contributed by atoms with Crippen LogP contribution in [0.5, 0.6) is 0 Å². The van der Waals surface area contributed by atoms with Crippen molar-refractivity contribution >= 4 is 34.4 Å². The number of aromatic nitrogens is 1. The summed E-state index contributed by atoms with van der Waals surface area (Å²) in [5.41, 5.74) is 3.99. The topological polar surface area (TPSA) is 83.4 Å². The van der Waals surface area contributed by atoms with Crippen molar-refractivity contribution in [2.45, 2.75) is 13.1 Å².